The number of thiophene rings is 1. The van der Waals surface area contributed by atoms with Crippen LogP contribution in [-0.2, 0) is 6.42 Å². The number of benzene rings is 1. The van der Waals surface area contributed by atoms with E-state index in [-0.39, 0.29) is 24.0 Å². The second-order valence-corrected chi connectivity index (χ2v) is 6.53. The lowest BCUT2D eigenvalue weighted by atomic mass is 10.2. The molecule has 2 aromatic heterocycles. The lowest BCUT2D eigenvalue weighted by Crippen LogP contribution is -2.40. The summed E-state index contributed by atoms with van der Waals surface area (Å²) < 4.78 is 6.48. The third-order valence-corrected chi connectivity index (χ3v) is 4.92. The number of nitrogens with one attached hydrogen (secondary N) is 2. The van der Waals surface area contributed by atoms with Crippen LogP contribution in [0.5, 0.6) is 0 Å². The van der Waals surface area contributed by atoms with Crippen LogP contribution >= 0.6 is 35.3 Å². The second-order valence-electron chi connectivity index (χ2n) is 5.41. The lowest BCUT2D eigenvalue weighted by Gasteiger charge is -2.14. The molecule has 0 saturated heterocycles. The van der Waals surface area contributed by atoms with Crippen LogP contribution in [0.15, 0.2) is 58.1 Å². The van der Waals surface area contributed by atoms with Crippen molar-refractivity contribution >= 4 is 51.4 Å². The van der Waals surface area contributed by atoms with Crippen LogP contribution in [0, 0.1) is 0 Å². The average Bonchev–Trinajstić information content (AvgIpc) is 3.26. The van der Waals surface area contributed by atoms with Gasteiger partial charge in [0.25, 0.3) is 0 Å². The van der Waals surface area contributed by atoms with Crippen molar-refractivity contribution in [1.29, 1.82) is 0 Å². The van der Waals surface area contributed by atoms with Gasteiger partial charge in [-0.2, -0.15) is 0 Å². The Bertz CT molecular complexity index is 769. The van der Waals surface area contributed by atoms with Crippen molar-refractivity contribution in [2.45, 2.75) is 12.5 Å². The van der Waals surface area contributed by atoms with Crippen molar-refractivity contribution in [1.82, 2.24) is 10.6 Å². The standard InChI is InChI=1S/C18H21N3O2S.HI/c1-19-18(20-9-8-14-6-4-10-23-14)21-12-15(22)17-11-13-5-2-3-7-16(13)24-17;/h2-7,10-11,15,22H,8-9,12H2,1H3,(H2,19,20,21);1H. The number of fused-ring (bicyclic) bond motifs is 1. The zero-order valence-electron chi connectivity index (χ0n) is 13.9. The zero-order chi connectivity index (χ0) is 16.8. The van der Waals surface area contributed by atoms with E-state index in [0.29, 0.717) is 19.0 Å². The maximum absolute atomic E-state index is 10.4. The zero-order valence-corrected chi connectivity index (χ0v) is 17.1. The van der Waals surface area contributed by atoms with Gasteiger partial charge in [0.15, 0.2) is 5.96 Å². The Kier molecular flexibility index (Phi) is 7.73. The Morgan fingerprint density at radius 2 is 2.08 bits per heavy atom. The highest BCUT2D eigenvalue weighted by Crippen LogP contribution is 2.29. The second kappa shape index (κ2) is 9.79. The van der Waals surface area contributed by atoms with Crippen molar-refractivity contribution in [2.75, 3.05) is 20.1 Å². The van der Waals surface area contributed by atoms with Gasteiger partial charge >= 0.3 is 0 Å². The maximum atomic E-state index is 10.4. The van der Waals surface area contributed by atoms with Crippen LogP contribution in [0.2, 0.25) is 0 Å². The van der Waals surface area contributed by atoms with Crippen molar-refractivity contribution in [2.24, 2.45) is 4.99 Å². The predicted molar refractivity (Wildman–Crippen MR) is 114 cm³/mol. The molecule has 1 atom stereocenters. The molecule has 3 aromatic rings. The first kappa shape index (κ1) is 19.7. The van der Waals surface area contributed by atoms with E-state index in [1.807, 2.05) is 30.3 Å². The molecule has 0 aliphatic carbocycles. The number of hydrogen-bond acceptors (Lipinski definition) is 4. The van der Waals surface area contributed by atoms with Gasteiger partial charge in [0.05, 0.1) is 6.26 Å². The summed E-state index contributed by atoms with van der Waals surface area (Å²) >= 11 is 1.62. The van der Waals surface area contributed by atoms with E-state index in [1.54, 1.807) is 24.6 Å². The molecule has 1 unspecified atom stereocenters. The molecular weight excluding hydrogens is 449 g/mol. The number of aliphatic hydroxyl groups is 1. The SMILES string of the molecule is CN=C(NCCc1ccco1)NCC(O)c1cc2ccccc2s1.I. The predicted octanol–water partition coefficient (Wildman–Crippen LogP) is 3.55. The van der Waals surface area contributed by atoms with Crippen LogP contribution in [0.4, 0.5) is 0 Å². The highest BCUT2D eigenvalue weighted by atomic mass is 127. The quantitative estimate of drug-likeness (QED) is 0.292. The summed E-state index contributed by atoms with van der Waals surface area (Å²) in [4.78, 5) is 5.12. The number of halogens is 1. The molecule has 0 spiro atoms. The molecule has 2 heterocycles. The molecule has 0 radical (unpaired) electrons. The monoisotopic (exact) mass is 471 g/mol. The van der Waals surface area contributed by atoms with Gasteiger partial charge in [0, 0.05) is 36.1 Å². The van der Waals surface area contributed by atoms with E-state index in [2.05, 4.69) is 27.8 Å². The molecule has 5 nitrogen and oxygen atoms in total. The van der Waals surface area contributed by atoms with Crippen LogP contribution in [0.1, 0.15) is 16.7 Å². The Hall–Kier alpha value is -1.58. The summed E-state index contributed by atoms with van der Waals surface area (Å²) in [5.74, 6) is 1.60. The lowest BCUT2D eigenvalue weighted by molar-refractivity contribution is 0.184. The third kappa shape index (κ3) is 5.45. The van der Waals surface area contributed by atoms with E-state index >= 15 is 0 Å². The van der Waals surface area contributed by atoms with Crippen molar-refractivity contribution < 1.29 is 9.52 Å². The molecule has 134 valence electrons. The minimum atomic E-state index is -0.564. The van der Waals surface area contributed by atoms with Gasteiger partial charge in [-0.1, -0.05) is 18.2 Å². The molecule has 3 N–H and O–H groups in total. The fraction of sp³-hybridized carbons (Fsp3) is 0.278. The molecule has 0 fully saturated rings. The number of nitrogens with zero attached hydrogens (tertiary/aromatic N) is 1. The van der Waals surface area contributed by atoms with Crippen LogP contribution in [0.25, 0.3) is 10.1 Å². The van der Waals surface area contributed by atoms with Crippen LogP contribution < -0.4 is 10.6 Å². The number of furan rings is 1. The first-order valence-electron chi connectivity index (χ1n) is 7.89. The number of hydrogen-bond donors (Lipinski definition) is 3. The summed E-state index contributed by atoms with van der Waals surface area (Å²) in [6.07, 6.45) is 1.89. The topological polar surface area (TPSA) is 69.8 Å². The Balaban J connectivity index is 0.00000225. The minimum Gasteiger partial charge on any atom is -0.469 e. The molecule has 0 aliphatic rings. The third-order valence-electron chi connectivity index (χ3n) is 3.70. The summed E-state index contributed by atoms with van der Waals surface area (Å²) in [6.45, 7) is 1.12. The molecule has 3 rings (SSSR count). The molecule has 7 heteroatoms. The van der Waals surface area contributed by atoms with Gasteiger partial charge in [0.1, 0.15) is 11.9 Å². The largest absolute Gasteiger partial charge is 0.469 e. The van der Waals surface area contributed by atoms with Gasteiger partial charge in [-0.05, 0) is 29.7 Å². The Labute approximate surface area is 168 Å². The number of rotatable bonds is 6. The number of aliphatic hydroxyl groups excluding tert-OH is 1. The summed E-state index contributed by atoms with van der Waals surface area (Å²) in [5.41, 5.74) is 0. The van der Waals surface area contributed by atoms with E-state index in [4.69, 9.17) is 4.42 Å². The molecule has 0 saturated carbocycles. The van der Waals surface area contributed by atoms with E-state index in [1.165, 1.54) is 4.70 Å². The molecule has 0 bridgehead atoms. The maximum Gasteiger partial charge on any atom is 0.191 e. The highest BCUT2D eigenvalue weighted by Gasteiger charge is 2.12. The van der Waals surface area contributed by atoms with Gasteiger partial charge < -0.3 is 20.2 Å². The minimum absolute atomic E-state index is 0. The number of aliphatic imine (C=N–C) groups is 1. The Morgan fingerprint density at radius 3 is 2.80 bits per heavy atom. The average molecular weight is 471 g/mol. The summed E-state index contributed by atoms with van der Waals surface area (Å²) in [5, 5.41) is 17.9. The van der Waals surface area contributed by atoms with Crippen molar-refractivity contribution in [3.63, 3.8) is 0 Å². The smallest absolute Gasteiger partial charge is 0.191 e. The molecule has 25 heavy (non-hydrogen) atoms. The fourth-order valence-electron chi connectivity index (χ4n) is 2.44. The first-order valence-corrected chi connectivity index (χ1v) is 8.71. The highest BCUT2D eigenvalue weighted by molar-refractivity contribution is 14.0. The van der Waals surface area contributed by atoms with Crippen molar-refractivity contribution in [3.05, 3.63) is 59.4 Å². The van der Waals surface area contributed by atoms with Crippen LogP contribution in [-0.4, -0.2) is 31.2 Å². The number of guanidine groups is 1. The van der Waals surface area contributed by atoms with Gasteiger partial charge in [-0.3, -0.25) is 4.99 Å². The first-order chi connectivity index (χ1) is 11.8. The molecule has 0 amide bonds. The molecule has 0 aliphatic heterocycles. The molecule has 1 aromatic carbocycles. The van der Waals surface area contributed by atoms with Gasteiger partial charge in [0.2, 0.25) is 0 Å². The van der Waals surface area contributed by atoms with E-state index in [0.717, 1.165) is 22.4 Å². The van der Waals surface area contributed by atoms with E-state index < -0.39 is 6.10 Å². The van der Waals surface area contributed by atoms with Crippen molar-refractivity contribution in [3.8, 4) is 0 Å². The van der Waals surface area contributed by atoms with Gasteiger partial charge in [-0.15, -0.1) is 35.3 Å². The fourth-order valence-corrected chi connectivity index (χ4v) is 3.49. The molecular formula is C18H22IN3O2S. The van der Waals surface area contributed by atoms with Crippen LogP contribution in [0.3, 0.4) is 0 Å². The normalized spacial score (nSPS) is 12.6. The summed E-state index contributed by atoms with van der Waals surface area (Å²) in [6, 6.07) is 14.0. The van der Waals surface area contributed by atoms with Gasteiger partial charge in [-0.25, -0.2) is 0 Å². The van der Waals surface area contributed by atoms with E-state index in [9.17, 15) is 5.11 Å². The Morgan fingerprint density at radius 1 is 1.24 bits per heavy atom. The summed E-state index contributed by atoms with van der Waals surface area (Å²) in [7, 11) is 1.72.